The molecular weight excluding hydrogens is 496 g/mol. The van der Waals surface area contributed by atoms with E-state index in [1.54, 1.807) is 29.0 Å². The minimum Gasteiger partial charge on any atom is -0.432 e. The Labute approximate surface area is 217 Å². The van der Waals surface area contributed by atoms with Crippen LogP contribution in [0.2, 0.25) is 23.7 Å². The van der Waals surface area contributed by atoms with Crippen molar-refractivity contribution >= 4 is 37.4 Å². The highest BCUT2D eigenvalue weighted by Gasteiger charge is 2.66. The number of aliphatic hydroxyl groups is 1. The van der Waals surface area contributed by atoms with E-state index in [-0.39, 0.29) is 42.3 Å². The SMILES string of the molecule is C[C@H]1[C@H]([Si](C)(C)O)[C@@H](CC(=O)N2Cc3ccccc3C[C@H]2CO)O[C@]12C(=O)N(C)c1ccc(Cl)cc12. The largest absolute Gasteiger partial charge is 0.432 e. The molecule has 1 spiro atoms. The van der Waals surface area contributed by atoms with Crippen molar-refractivity contribution in [3.05, 3.63) is 64.2 Å². The van der Waals surface area contributed by atoms with Crippen molar-refractivity contribution in [2.24, 2.45) is 5.92 Å². The molecule has 1 saturated heterocycles. The molecule has 0 saturated carbocycles. The maximum Gasteiger partial charge on any atom is 0.264 e. The van der Waals surface area contributed by atoms with Crippen molar-refractivity contribution in [3.63, 3.8) is 0 Å². The molecule has 7 nitrogen and oxygen atoms in total. The molecule has 0 unspecified atom stereocenters. The van der Waals surface area contributed by atoms with Gasteiger partial charge in [0.2, 0.25) is 5.91 Å². The summed E-state index contributed by atoms with van der Waals surface area (Å²) >= 11 is 6.34. The fourth-order valence-corrected chi connectivity index (χ4v) is 9.41. The van der Waals surface area contributed by atoms with Crippen LogP contribution in [0.4, 0.5) is 5.69 Å². The molecule has 36 heavy (non-hydrogen) atoms. The van der Waals surface area contributed by atoms with Crippen LogP contribution in [-0.2, 0) is 32.9 Å². The van der Waals surface area contributed by atoms with E-state index in [1.807, 2.05) is 50.3 Å². The lowest BCUT2D eigenvalue weighted by atomic mass is 9.82. The number of likely N-dealkylation sites (N-methyl/N-ethyl adjacent to an activating group) is 1. The minimum atomic E-state index is -2.88. The summed E-state index contributed by atoms with van der Waals surface area (Å²) in [5, 5.41) is 10.6. The van der Waals surface area contributed by atoms with Crippen LogP contribution in [-0.4, -0.2) is 60.7 Å². The molecule has 0 radical (unpaired) electrons. The number of carbonyl (C=O) groups is 2. The van der Waals surface area contributed by atoms with Crippen LogP contribution in [0.1, 0.15) is 30.0 Å². The van der Waals surface area contributed by atoms with Crippen LogP contribution >= 0.6 is 11.6 Å². The first-order chi connectivity index (χ1) is 17.0. The topological polar surface area (TPSA) is 90.3 Å². The van der Waals surface area contributed by atoms with Crippen LogP contribution in [0.15, 0.2) is 42.5 Å². The Bertz CT molecular complexity index is 1220. The highest BCUT2D eigenvalue weighted by Crippen LogP contribution is 2.59. The molecule has 192 valence electrons. The Balaban J connectivity index is 1.49. The van der Waals surface area contributed by atoms with Gasteiger partial charge < -0.3 is 24.4 Å². The van der Waals surface area contributed by atoms with E-state index < -0.39 is 20.0 Å². The number of fused-ring (bicyclic) bond motifs is 3. The average Bonchev–Trinajstić information content (AvgIpc) is 3.24. The van der Waals surface area contributed by atoms with Gasteiger partial charge in [0.15, 0.2) is 13.9 Å². The van der Waals surface area contributed by atoms with Crippen LogP contribution in [0.3, 0.4) is 0 Å². The van der Waals surface area contributed by atoms with Crippen molar-refractivity contribution in [1.82, 2.24) is 4.90 Å². The molecule has 2 amide bonds. The second-order valence-corrected chi connectivity index (χ2v) is 15.3. The van der Waals surface area contributed by atoms with Gasteiger partial charge in [-0.2, -0.15) is 0 Å². The average molecular weight is 529 g/mol. The first kappa shape index (κ1) is 25.4. The molecule has 3 heterocycles. The number of amides is 2. The standard InChI is InChI=1S/C27H33ClN2O5Si/c1-16-25(36(3,4)34)23(35-27(16)21-12-19(28)9-10-22(21)29(2)26(27)33)13-24(32)30-14-18-8-6-5-7-17(18)11-20(30)15-31/h5-10,12,16,20,23,25,31,34H,11,13-15H2,1-4H3/t16-,20-,23+,25-,27+/m0/s1. The second-order valence-electron chi connectivity index (χ2n) is 10.9. The molecule has 2 aromatic carbocycles. The van der Waals surface area contributed by atoms with Crippen molar-refractivity contribution in [3.8, 4) is 0 Å². The zero-order valence-electron chi connectivity index (χ0n) is 21.1. The number of anilines is 1. The number of aliphatic hydroxyl groups excluding tert-OH is 1. The molecule has 0 bridgehead atoms. The Morgan fingerprint density at radius 2 is 1.92 bits per heavy atom. The number of hydrogen-bond acceptors (Lipinski definition) is 5. The van der Waals surface area contributed by atoms with E-state index in [1.165, 1.54) is 0 Å². The molecule has 5 rings (SSSR count). The maximum atomic E-state index is 13.7. The van der Waals surface area contributed by atoms with Crippen molar-refractivity contribution in [1.29, 1.82) is 0 Å². The molecule has 9 heteroatoms. The van der Waals surface area contributed by atoms with Gasteiger partial charge in [0.05, 0.1) is 30.9 Å². The van der Waals surface area contributed by atoms with Gasteiger partial charge in [0, 0.05) is 35.6 Å². The summed E-state index contributed by atoms with van der Waals surface area (Å²) < 4.78 is 6.64. The third-order valence-corrected chi connectivity index (χ3v) is 11.1. The fourth-order valence-electron chi connectivity index (χ4n) is 6.69. The molecular formula is C27H33ClN2O5Si. The molecule has 0 aliphatic carbocycles. The van der Waals surface area contributed by atoms with E-state index in [0.717, 1.165) is 16.8 Å². The zero-order chi connectivity index (χ0) is 26.0. The second kappa shape index (κ2) is 8.95. The predicted molar refractivity (Wildman–Crippen MR) is 140 cm³/mol. The Morgan fingerprint density at radius 1 is 1.22 bits per heavy atom. The van der Waals surface area contributed by atoms with Crippen molar-refractivity contribution in [2.75, 3.05) is 18.6 Å². The maximum absolute atomic E-state index is 13.7. The quantitative estimate of drug-likeness (QED) is 0.593. The van der Waals surface area contributed by atoms with E-state index in [2.05, 4.69) is 0 Å². The van der Waals surface area contributed by atoms with Crippen molar-refractivity contribution in [2.45, 2.75) is 62.7 Å². The summed E-state index contributed by atoms with van der Waals surface area (Å²) in [7, 11) is -1.16. The lowest BCUT2D eigenvalue weighted by Gasteiger charge is -2.37. The lowest BCUT2D eigenvalue weighted by molar-refractivity contribution is -0.150. The molecule has 2 aromatic rings. The summed E-state index contributed by atoms with van der Waals surface area (Å²) in [6.45, 7) is 5.89. The van der Waals surface area contributed by atoms with E-state index in [4.69, 9.17) is 16.3 Å². The van der Waals surface area contributed by atoms with Crippen LogP contribution in [0.5, 0.6) is 0 Å². The number of ether oxygens (including phenoxy) is 1. The summed E-state index contributed by atoms with van der Waals surface area (Å²) in [6.07, 6.45) is -0.0273. The third kappa shape index (κ3) is 3.82. The summed E-state index contributed by atoms with van der Waals surface area (Å²) in [4.78, 5) is 42.1. The normalized spacial score (nSPS) is 29.6. The van der Waals surface area contributed by atoms with E-state index >= 15 is 0 Å². The minimum absolute atomic E-state index is 0.0271. The molecule has 3 aliphatic rings. The first-order valence-corrected chi connectivity index (χ1v) is 15.8. The predicted octanol–water partition coefficient (Wildman–Crippen LogP) is 3.45. The van der Waals surface area contributed by atoms with Crippen molar-refractivity contribution < 1.29 is 24.2 Å². The number of carbonyl (C=O) groups excluding carboxylic acids is 2. The number of rotatable bonds is 4. The molecule has 1 fully saturated rings. The van der Waals surface area contributed by atoms with Crippen LogP contribution in [0.25, 0.3) is 0 Å². The third-order valence-electron chi connectivity index (χ3n) is 8.34. The summed E-state index contributed by atoms with van der Waals surface area (Å²) in [5.74, 6) is -0.705. The van der Waals surface area contributed by atoms with Gasteiger partial charge in [-0.25, -0.2) is 0 Å². The molecule has 0 aromatic heterocycles. The highest BCUT2D eigenvalue weighted by molar-refractivity contribution is 6.71. The van der Waals surface area contributed by atoms with Gasteiger partial charge in [-0.15, -0.1) is 0 Å². The van der Waals surface area contributed by atoms with E-state index in [9.17, 15) is 19.5 Å². The smallest absolute Gasteiger partial charge is 0.264 e. The van der Waals surface area contributed by atoms with Gasteiger partial charge in [0.1, 0.15) is 0 Å². The first-order valence-electron chi connectivity index (χ1n) is 12.4. The van der Waals surface area contributed by atoms with Crippen LogP contribution in [0, 0.1) is 5.92 Å². The number of hydrogen-bond donors (Lipinski definition) is 2. The van der Waals surface area contributed by atoms with Gasteiger partial charge >= 0.3 is 0 Å². The molecule has 3 aliphatic heterocycles. The highest BCUT2D eigenvalue weighted by atomic mass is 35.5. The van der Waals surface area contributed by atoms with Gasteiger partial charge in [-0.3, -0.25) is 9.59 Å². The Kier molecular flexibility index (Phi) is 6.32. The Hall–Kier alpha value is -2.23. The molecule has 5 atom stereocenters. The zero-order valence-corrected chi connectivity index (χ0v) is 22.8. The molecule has 2 N–H and O–H groups in total. The summed E-state index contributed by atoms with van der Waals surface area (Å²) in [5.41, 5.74) is 1.97. The number of halogens is 1. The number of benzene rings is 2. The summed E-state index contributed by atoms with van der Waals surface area (Å²) in [6, 6.07) is 13.0. The van der Waals surface area contributed by atoms with Gasteiger partial charge in [-0.1, -0.05) is 42.8 Å². The Morgan fingerprint density at radius 3 is 2.58 bits per heavy atom. The number of nitrogens with zero attached hydrogens (tertiary/aromatic N) is 2. The lowest BCUT2D eigenvalue weighted by Crippen LogP contribution is -2.48. The van der Waals surface area contributed by atoms with E-state index in [0.29, 0.717) is 23.6 Å². The van der Waals surface area contributed by atoms with Crippen LogP contribution < -0.4 is 4.90 Å². The monoisotopic (exact) mass is 528 g/mol. The van der Waals surface area contributed by atoms with Gasteiger partial charge in [-0.05, 0) is 48.8 Å². The fraction of sp³-hybridized carbons (Fsp3) is 0.481. The van der Waals surface area contributed by atoms with Gasteiger partial charge in [0.25, 0.3) is 5.91 Å².